The van der Waals surface area contributed by atoms with Crippen LogP contribution in [0.5, 0.6) is 0 Å². The van der Waals surface area contributed by atoms with E-state index in [0.717, 1.165) is 18.4 Å². The minimum absolute atomic E-state index is 0.00726. The van der Waals surface area contributed by atoms with Crippen molar-refractivity contribution in [3.63, 3.8) is 0 Å². The molecule has 1 aliphatic rings. The molecule has 1 amide bonds. The number of piperidine rings is 1. The number of anilines is 1. The van der Waals surface area contributed by atoms with Gasteiger partial charge in [-0.05, 0) is 36.5 Å². The zero-order valence-corrected chi connectivity index (χ0v) is 15.2. The second-order valence-electron chi connectivity index (χ2n) is 6.25. The Morgan fingerprint density at radius 3 is 2.81 bits per heavy atom. The van der Waals surface area contributed by atoms with E-state index in [1.807, 2.05) is 12.1 Å². The van der Waals surface area contributed by atoms with Crippen molar-refractivity contribution in [1.29, 1.82) is 0 Å². The van der Waals surface area contributed by atoms with Crippen LogP contribution in [0.3, 0.4) is 0 Å². The molecule has 1 fully saturated rings. The van der Waals surface area contributed by atoms with Crippen LogP contribution in [0.25, 0.3) is 0 Å². The molecule has 26 heavy (non-hydrogen) atoms. The molecule has 0 bridgehead atoms. The number of carbonyl (C=O) groups is 1. The highest BCUT2D eigenvalue weighted by atomic mass is 32.2. The van der Waals surface area contributed by atoms with Gasteiger partial charge in [0.1, 0.15) is 0 Å². The van der Waals surface area contributed by atoms with Crippen LogP contribution in [-0.2, 0) is 21.4 Å². The molecule has 1 aromatic heterocycles. The van der Waals surface area contributed by atoms with E-state index in [4.69, 9.17) is 9.15 Å². The summed E-state index contributed by atoms with van der Waals surface area (Å²) in [5, 5.41) is 2.64. The fourth-order valence-corrected chi connectivity index (χ4v) is 3.87. The molecule has 140 valence electrons. The van der Waals surface area contributed by atoms with E-state index in [1.165, 1.54) is 23.2 Å². The van der Waals surface area contributed by atoms with Crippen LogP contribution in [0.4, 0.5) is 10.5 Å². The summed E-state index contributed by atoms with van der Waals surface area (Å²) in [5.41, 5.74) is 1.66. The molecule has 0 saturated carbocycles. The Morgan fingerprint density at radius 1 is 1.38 bits per heavy atom. The lowest BCUT2D eigenvalue weighted by atomic mass is 9.91. The van der Waals surface area contributed by atoms with E-state index in [-0.39, 0.29) is 12.5 Å². The third-order valence-corrected chi connectivity index (χ3v) is 5.58. The predicted octanol–water partition coefficient (Wildman–Crippen LogP) is 2.56. The highest BCUT2D eigenvalue weighted by Crippen LogP contribution is 2.28. The first-order valence-electron chi connectivity index (χ1n) is 8.28. The normalized spacial score (nSPS) is 18.4. The second kappa shape index (κ2) is 7.88. The van der Waals surface area contributed by atoms with Gasteiger partial charge in [-0.1, -0.05) is 12.1 Å². The number of oxazole rings is 1. The Labute approximate surface area is 152 Å². The van der Waals surface area contributed by atoms with E-state index >= 15 is 0 Å². The Kier molecular flexibility index (Phi) is 5.58. The molecule has 1 atom stereocenters. The summed E-state index contributed by atoms with van der Waals surface area (Å²) in [5.74, 6) is 0.620. The minimum Gasteiger partial charge on any atom is -0.445 e. The van der Waals surface area contributed by atoms with Gasteiger partial charge in [0.05, 0.1) is 12.5 Å². The Morgan fingerprint density at radius 2 is 2.15 bits per heavy atom. The molecule has 2 heterocycles. The fraction of sp³-hybridized carbons (Fsp3) is 0.412. The standard InChI is InChI=1S/C17H21N3O5S/c1-26(22,23)20-8-2-3-14(10-20)13-4-6-15(7-5-13)19-17(21)24-11-16-9-18-12-25-16/h4-7,9,12,14H,2-3,8,10-11H2,1H3,(H,19,21). The second-order valence-corrected chi connectivity index (χ2v) is 8.23. The van der Waals surface area contributed by atoms with Crippen molar-refractivity contribution in [1.82, 2.24) is 9.29 Å². The van der Waals surface area contributed by atoms with Crippen LogP contribution < -0.4 is 5.32 Å². The topological polar surface area (TPSA) is 102 Å². The number of nitrogens with one attached hydrogen (secondary N) is 1. The minimum atomic E-state index is -3.17. The van der Waals surface area contributed by atoms with E-state index in [9.17, 15) is 13.2 Å². The molecule has 1 unspecified atom stereocenters. The van der Waals surface area contributed by atoms with Gasteiger partial charge in [-0.15, -0.1) is 0 Å². The molecule has 1 N–H and O–H groups in total. The lowest BCUT2D eigenvalue weighted by Gasteiger charge is -2.31. The smallest absolute Gasteiger partial charge is 0.412 e. The first-order valence-corrected chi connectivity index (χ1v) is 10.1. The van der Waals surface area contributed by atoms with E-state index in [1.54, 1.807) is 12.1 Å². The SMILES string of the molecule is CS(=O)(=O)N1CCCC(c2ccc(NC(=O)OCc3cnco3)cc2)C1. The summed E-state index contributed by atoms with van der Waals surface area (Å²) >= 11 is 0. The monoisotopic (exact) mass is 379 g/mol. The summed E-state index contributed by atoms with van der Waals surface area (Å²) in [6.07, 6.45) is 5.18. The van der Waals surface area contributed by atoms with Crippen LogP contribution >= 0.6 is 0 Å². The molecule has 8 nitrogen and oxygen atoms in total. The van der Waals surface area contributed by atoms with E-state index in [0.29, 0.717) is 24.5 Å². The first-order chi connectivity index (χ1) is 12.4. The van der Waals surface area contributed by atoms with Crippen molar-refractivity contribution in [3.8, 4) is 0 Å². The highest BCUT2D eigenvalue weighted by molar-refractivity contribution is 7.88. The van der Waals surface area contributed by atoms with Gasteiger partial charge in [-0.25, -0.2) is 22.5 Å². The van der Waals surface area contributed by atoms with Gasteiger partial charge in [0.25, 0.3) is 0 Å². The third-order valence-electron chi connectivity index (χ3n) is 4.31. The number of amides is 1. The number of aromatic nitrogens is 1. The van der Waals surface area contributed by atoms with Crippen LogP contribution in [-0.4, -0.2) is 43.1 Å². The number of benzene rings is 1. The zero-order valence-electron chi connectivity index (χ0n) is 14.4. The van der Waals surface area contributed by atoms with Gasteiger partial charge in [-0.3, -0.25) is 5.32 Å². The summed E-state index contributed by atoms with van der Waals surface area (Å²) in [7, 11) is -3.17. The fourth-order valence-electron chi connectivity index (χ4n) is 2.96. The largest absolute Gasteiger partial charge is 0.445 e. The van der Waals surface area contributed by atoms with Crippen molar-refractivity contribution < 1.29 is 22.4 Å². The van der Waals surface area contributed by atoms with Crippen LogP contribution in [0.1, 0.15) is 30.1 Å². The summed E-state index contributed by atoms with van der Waals surface area (Å²) in [6, 6.07) is 7.37. The average Bonchev–Trinajstić information content (AvgIpc) is 3.14. The molecule has 0 radical (unpaired) electrons. The molecule has 1 aliphatic heterocycles. The quantitative estimate of drug-likeness (QED) is 0.857. The molecule has 2 aromatic rings. The van der Waals surface area contributed by atoms with Gasteiger partial charge in [0.2, 0.25) is 10.0 Å². The molecule has 0 aliphatic carbocycles. The Bertz CT molecular complexity index is 834. The van der Waals surface area contributed by atoms with Crippen molar-refractivity contribution in [2.45, 2.75) is 25.4 Å². The third kappa shape index (κ3) is 4.83. The average molecular weight is 379 g/mol. The number of hydrogen-bond acceptors (Lipinski definition) is 6. The number of carbonyl (C=O) groups excluding carboxylic acids is 1. The maximum Gasteiger partial charge on any atom is 0.412 e. The summed E-state index contributed by atoms with van der Waals surface area (Å²) in [4.78, 5) is 15.5. The lowest BCUT2D eigenvalue weighted by molar-refractivity contribution is 0.146. The summed E-state index contributed by atoms with van der Waals surface area (Å²) < 4.78 is 35.0. The predicted molar refractivity (Wildman–Crippen MR) is 95.1 cm³/mol. The maximum atomic E-state index is 11.8. The number of rotatable bonds is 5. The Balaban J connectivity index is 1.55. The van der Waals surface area contributed by atoms with Crippen molar-refractivity contribution in [2.75, 3.05) is 24.7 Å². The number of ether oxygens (including phenoxy) is 1. The van der Waals surface area contributed by atoms with Crippen molar-refractivity contribution in [3.05, 3.63) is 48.2 Å². The number of hydrogen-bond donors (Lipinski definition) is 1. The molecule has 1 aromatic carbocycles. The molecule has 9 heteroatoms. The van der Waals surface area contributed by atoms with Gasteiger partial charge in [0.15, 0.2) is 18.8 Å². The number of nitrogens with zero attached hydrogens (tertiary/aromatic N) is 2. The molecule has 3 rings (SSSR count). The maximum absolute atomic E-state index is 11.8. The molecule has 0 spiro atoms. The van der Waals surface area contributed by atoms with Gasteiger partial charge in [0, 0.05) is 18.8 Å². The molecular formula is C17H21N3O5S. The molecular weight excluding hydrogens is 358 g/mol. The summed E-state index contributed by atoms with van der Waals surface area (Å²) in [6.45, 7) is 1.07. The van der Waals surface area contributed by atoms with Gasteiger partial charge in [-0.2, -0.15) is 0 Å². The van der Waals surface area contributed by atoms with Crippen LogP contribution in [0, 0.1) is 0 Å². The zero-order chi connectivity index (χ0) is 18.6. The number of sulfonamides is 1. The molecule has 1 saturated heterocycles. The van der Waals surface area contributed by atoms with E-state index < -0.39 is 16.1 Å². The van der Waals surface area contributed by atoms with Gasteiger partial charge >= 0.3 is 6.09 Å². The lowest BCUT2D eigenvalue weighted by Crippen LogP contribution is -2.38. The van der Waals surface area contributed by atoms with Gasteiger partial charge < -0.3 is 9.15 Å². The van der Waals surface area contributed by atoms with Crippen molar-refractivity contribution >= 4 is 21.8 Å². The van der Waals surface area contributed by atoms with E-state index in [2.05, 4.69) is 10.3 Å². The highest BCUT2D eigenvalue weighted by Gasteiger charge is 2.26. The van der Waals surface area contributed by atoms with Crippen LogP contribution in [0.15, 0.2) is 41.3 Å². The van der Waals surface area contributed by atoms with Crippen molar-refractivity contribution in [2.24, 2.45) is 0 Å². The Hall–Kier alpha value is -2.39. The first kappa shape index (κ1) is 18.4. The van der Waals surface area contributed by atoms with Crippen LogP contribution in [0.2, 0.25) is 0 Å².